The van der Waals surface area contributed by atoms with Crippen LogP contribution in [-0.2, 0) is 6.61 Å². The van der Waals surface area contributed by atoms with Crippen LogP contribution in [-0.4, -0.2) is 26.9 Å². The predicted octanol–water partition coefficient (Wildman–Crippen LogP) is 1.08. The van der Waals surface area contributed by atoms with Crippen molar-refractivity contribution >= 4 is 17.8 Å². The van der Waals surface area contributed by atoms with Gasteiger partial charge in [-0.25, -0.2) is 14.9 Å². The van der Waals surface area contributed by atoms with Gasteiger partial charge in [0.05, 0.1) is 23.4 Å². The number of hydrogen-bond donors (Lipinski definition) is 1. The maximum Gasteiger partial charge on any atom is 0.268 e. The van der Waals surface area contributed by atoms with Crippen molar-refractivity contribution in [3.8, 4) is 0 Å². The van der Waals surface area contributed by atoms with Gasteiger partial charge in [0.1, 0.15) is 0 Å². The molecule has 0 radical (unpaired) electrons. The number of anilines is 1. The van der Waals surface area contributed by atoms with Gasteiger partial charge in [-0.15, -0.1) is 0 Å². The lowest BCUT2D eigenvalue weighted by Crippen LogP contribution is -2.31. The highest BCUT2D eigenvalue weighted by molar-refractivity contribution is 6.33. The summed E-state index contributed by atoms with van der Waals surface area (Å²) in [5.74, 6) is -0.888. The molecule has 1 N–H and O–H groups in total. The molecule has 2 aromatic rings. The average molecular weight is 269 g/mol. The van der Waals surface area contributed by atoms with E-state index in [1.807, 2.05) is 0 Å². The number of hydrogen-bond acceptors (Lipinski definition) is 5. The number of benzene rings is 1. The van der Waals surface area contributed by atoms with Crippen molar-refractivity contribution in [2.75, 3.05) is 4.90 Å². The third-order valence-corrected chi connectivity index (χ3v) is 3.05. The molecular weight excluding hydrogens is 258 g/mol. The van der Waals surface area contributed by atoms with Crippen molar-refractivity contribution in [3.05, 3.63) is 52.8 Å². The quantitative estimate of drug-likeness (QED) is 0.825. The van der Waals surface area contributed by atoms with Gasteiger partial charge in [-0.05, 0) is 25.1 Å². The molecule has 0 fully saturated rings. The summed E-state index contributed by atoms with van der Waals surface area (Å²) in [4.78, 5) is 33.7. The van der Waals surface area contributed by atoms with E-state index in [9.17, 15) is 9.59 Å². The van der Waals surface area contributed by atoms with E-state index in [0.29, 0.717) is 22.5 Å². The fraction of sp³-hybridized carbons (Fsp3) is 0.143. The molecular formula is C14H11N3O3. The number of imide groups is 1. The van der Waals surface area contributed by atoms with Crippen LogP contribution in [0.25, 0.3) is 0 Å². The first kappa shape index (κ1) is 12.4. The number of aliphatic hydroxyl groups excluding tert-OH is 1. The zero-order valence-electron chi connectivity index (χ0n) is 10.7. The normalized spacial score (nSPS) is 13.8. The summed E-state index contributed by atoms with van der Waals surface area (Å²) in [5.41, 5.74) is 1.63. The third kappa shape index (κ3) is 1.78. The average Bonchev–Trinajstić information content (AvgIpc) is 2.71. The molecule has 6 heteroatoms. The molecule has 100 valence electrons. The minimum absolute atomic E-state index is 0.000231. The summed E-state index contributed by atoms with van der Waals surface area (Å²) in [7, 11) is 0. The number of carbonyl (C=O) groups excluding carboxylic acids is 2. The molecule has 1 aromatic heterocycles. The lowest BCUT2D eigenvalue weighted by molar-refractivity contribution is 0.0923. The van der Waals surface area contributed by atoms with E-state index in [2.05, 4.69) is 9.97 Å². The molecule has 3 rings (SSSR count). The highest BCUT2D eigenvalue weighted by atomic mass is 16.3. The molecule has 0 saturated heterocycles. The fourth-order valence-corrected chi connectivity index (χ4v) is 2.17. The van der Waals surface area contributed by atoms with E-state index < -0.39 is 11.8 Å². The summed E-state index contributed by atoms with van der Waals surface area (Å²) in [6, 6.07) is 8.19. The van der Waals surface area contributed by atoms with Gasteiger partial charge < -0.3 is 5.11 Å². The topological polar surface area (TPSA) is 83.4 Å². The molecule has 0 atom stereocenters. The Kier molecular flexibility index (Phi) is 2.80. The molecule has 1 aliphatic heterocycles. The zero-order chi connectivity index (χ0) is 14.3. The van der Waals surface area contributed by atoms with Crippen molar-refractivity contribution in [1.29, 1.82) is 0 Å². The van der Waals surface area contributed by atoms with Crippen molar-refractivity contribution < 1.29 is 14.7 Å². The summed E-state index contributed by atoms with van der Waals surface area (Å²) in [6.07, 6.45) is 0. The van der Waals surface area contributed by atoms with Crippen LogP contribution in [0.15, 0.2) is 30.3 Å². The van der Waals surface area contributed by atoms with E-state index in [4.69, 9.17) is 5.11 Å². The van der Waals surface area contributed by atoms with Crippen molar-refractivity contribution in [2.24, 2.45) is 0 Å². The van der Waals surface area contributed by atoms with Crippen molar-refractivity contribution in [2.45, 2.75) is 13.5 Å². The van der Waals surface area contributed by atoms with Crippen LogP contribution in [0, 0.1) is 6.92 Å². The van der Waals surface area contributed by atoms with Gasteiger partial charge in [-0.3, -0.25) is 9.59 Å². The molecule has 2 amide bonds. The van der Waals surface area contributed by atoms with E-state index in [1.165, 1.54) is 0 Å². The lowest BCUT2D eigenvalue weighted by Gasteiger charge is -2.12. The summed E-state index contributed by atoms with van der Waals surface area (Å²) in [6.45, 7) is 1.43. The van der Waals surface area contributed by atoms with E-state index in [0.717, 1.165) is 4.90 Å². The maximum absolute atomic E-state index is 12.3. The van der Waals surface area contributed by atoms with Gasteiger partial charge in [0.2, 0.25) is 5.95 Å². The van der Waals surface area contributed by atoms with Crippen LogP contribution in [0.1, 0.15) is 32.1 Å². The van der Waals surface area contributed by atoms with E-state index in [1.54, 1.807) is 37.3 Å². The second-order valence-electron chi connectivity index (χ2n) is 4.45. The Morgan fingerprint density at radius 2 is 1.70 bits per heavy atom. The fourth-order valence-electron chi connectivity index (χ4n) is 2.17. The first-order chi connectivity index (χ1) is 9.61. The Balaban J connectivity index is 2.11. The number of rotatable bonds is 2. The second kappa shape index (κ2) is 4.50. The predicted molar refractivity (Wildman–Crippen MR) is 70.3 cm³/mol. The van der Waals surface area contributed by atoms with Crippen LogP contribution < -0.4 is 4.90 Å². The molecule has 2 heterocycles. The number of amides is 2. The molecule has 0 bridgehead atoms. The molecule has 0 saturated carbocycles. The van der Waals surface area contributed by atoms with Crippen molar-refractivity contribution in [3.63, 3.8) is 0 Å². The number of aliphatic hydroxyl groups is 1. The molecule has 20 heavy (non-hydrogen) atoms. The number of aromatic nitrogens is 2. The SMILES string of the molecule is Cc1cc(CO)nc(N2C(=O)c3ccccc3C2=O)n1. The standard InChI is InChI=1S/C14H11N3O3/c1-8-6-9(7-18)16-14(15-8)17-12(19)10-4-2-3-5-11(10)13(17)20/h2-6,18H,7H2,1H3. The van der Waals surface area contributed by atoms with Gasteiger partial charge in [-0.1, -0.05) is 12.1 Å². The maximum atomic E-state index is 12.3. The first-order valence-corrected chi connectivity index (χ1v) is 6.05. The molecule has 0 aliphatic carbocycles. The number of carbonyl (C=O) groups is 2. The van der Waals surface area contributed by atoms with E-state index >= 15 is 0 Å². The second-order valence-corrected chi connectivity index (χ2v) is 4.45. The smallest absolute Gasteiger partial charge is 0.268 e. The summed E-state index contributed by atoms with van der Waals surface area (Å²) < 4.78 is 0. The minimum Gasteiger partial charge on any atom is -0.390 e. The molecule has 1 aliphatic rings. The minimum atomic E-state index is -0.444. The number of aryl methyl sites for hydroxylation is 1. The Morgan fingerprint density at radius 1 is 1.10 bits per heavy atom. The monoisotopic (exact) mass is 269 g/mol. The summed E-state index contributed by atoms with van der Waals surface area (Å²) in [5, 5.41) is 9.16. The van der Waals surface area contributed by atoms with Gasteiger partial charge in [0.15, 0.2) is 0 Å². The molecule has 1 aromatic carbocycles. The number of fused-ring (bicyclic) bond motifs is 1. The van der Waals surface area contributed by atoms with Gasteiger partial charge in [0.25, 0.3) is 11.8 Å². The van der Waals surface area contributed by atoms with Crippen LogP contribution in [0.5, 0.6) is 0 Å². The van der Waals surface area contributed by atoms with Gasteiger partial charge >= 0.3 is 0 Å². The van der Waals surface area contributed by atoms with Crippen LogP contribution in [0.2, 0.25) is 0 Å². The summed E-state index contributed by atoms with van der Waals surface area (Å²) >= 11 is 0. The first-order valence-electron chi connectivity index (χ1n) is 6.05. The number of nitrogens with zero attached hydrogens (tertiary/aromatic N) is 3. The highest BCUT2D eigenvalue weighted by Crippen LogP contribution is 2.26. The van der Waals surface area contributed by atoms with Gasteiger partial charge in [0, 0.05) is 5.69 Å². The van der Waals surface area contributed by atoms with Gasteiger partial charge in [-0.2, -0.15) is 0 Å². The Hall–Kier alpha value is -2.60. The third-order valence-electron chi connectivity index (χ3n) is 3.05. The Morgan fingerprint density at radius 3 is 2.25 bits per heavy atom. The zero-order valence-corrected chi connectivity index (χ0v) is 10.7. The Labute approximate surface area is 114 Å². The van der Waals surface area contributed by atoms with E-state index in [-0.39, 0.29) is 12.6 Å². The molecule has 0 unspecified atom stereocenters. The lowest BCUT2D eigenvalue weighted by atomic mass is 10.1. The van der Waals surface area contributed by atoms with Crippen LogP contribution in [0.4, 0.5) is 5.95 Å². The largest absolute Gasteiger partial charge is 0.390 e. The molecule has 6 nitrogen and oxygen atoms in total. The van der Waals surface area contributed by atoms with Crippen LogP contribution >= 0.6 is 0 Å². The van der Waals surface area contributed by atoms with Crippen LogP contribution in [0.3, 0.4) is 0 Å². The highest BCUT2D eigenvalue weighted by Gasteiger charge is 2.38. The molecule has 0 spiro atoms. The van der Waals surface area contributed by atoms with Crippen molar-refractivity contribution in [1.82, 2.24) is 9.97 Å². The Bertz CT molecular complexity index is 692.